The molecule has 0 aliphatic rings. The molecule has 0 saturated carbocycles. The first kappa shape index (κ1) is 16.0. The van der Waals surface area contributed by atoms with Gasteiger partial charge in [0.2, 0.25) is 0 Å². The normalized spacial score (nSPS) is 12.1. The van der Waals surface area contributed by atoms with Gasteiger partial charge in [0.15, 0.2) is 5.69 Å². The largest absolute Gasteiger partial charge is 0.433 e. The summed E-state index contributed by atoms with van der Waals surface area (Å²) in [4.78, 5) is 0. The number of hydrogen-bond acceptors (Lipinski definition) is 2. The van der Waals surface area contributed by atoms with Crippen molar-refractivity contribution in [1.29, 1.82) is 0 Å². The highest BCUT2D eigenvalue weighted by atomic mass is 79.9. The number of nitrogens with zero attached hydrogens (tertiary/aromatic N) is 2. The van der Waals surface area contributed by atoms with Crippen molar-refractivity contribution in [2.24, 2.45) is 0 Å². The van der Waals surface area contributed by atoms with Crippen molar-refractivity contribution >= 4 is 15.9 Å². The topological polar surface area (TPSA) is 29.9 Å². The fourth-order valence-corrected chi connectivity index (χ4v) is 2.39. The molecule has 0 aliphatic heterocycles. The van der Waals surface area contributed by atoms with E-state index in [0.717, 1.165) is 4.68 Å². The van der Waals surface area contributed by atoms with Gasteiger partial charge in [-0.25, -0.2) is 4.68 Å². The zero-order chi connectivity index (χ0) is 15.6. The van der Waals surface area contributed by atoms with Gasteiger partial charge in [0.25, 0.3) is 0 Å². The monoisotopic (exact) mass is 361 g/mol. The molecule has 0 atom stereocenters. The van der Waals surface area contributed by atoms with Crippen LogP contribution in [0, 0.1) is 0 Å². The van der Waals surface area contributed by atoms with Crippen LogP contribution in [0.25, 0.3) is 5.69 Å². The van der Waals surface area contributed by atoms with Crippen molar-refractivity contribution in [3.05, 3.63) is 46.2 Å². The summed E-state index contributed by atoms with van der Waals surface area (Å²) in [6.07, 6.45) is -3.21. The Labute approximate surface area is 129 Å². The quantitative estimate of drug-likeness (QED) is 0.886. The summed E-state index contributed by atoms with van der Waals surface area (Å²) in [5, 5.41) is 6.91. The molecule has 114 valence electrons. The molecule has 2 rings (SSSR count). The van der Waals surface area contributed by atoms with Gasteiger partial charge < -0.3 is 5.32 Å². The summed E-state index contributed by atoms with van der Waals surface area (Å²) >= 11 is 3.26. The van der Waals surface area contributed by atoms with Gasteiger partial charge in [0.05, 0.1) is 11.9 Å². The van der Waals surface area contributed by atoms with E-state index in [1.807, 2.05) is 13.8 Å². The predicted molar refractivity (Wildman–Crippen MR) is 78.2 cm³/mol. The number of aromatic nitrogens is 2. The summed E-state index contributed by atoms with van der Waals surface area (Å²) in [6.45, 7) is 3.88. The molecule has 3 nitrogen and oxygen atoms in total. The average molecular weight is 362 g/mol. The van der Waals surface area contributed by atoms with Crippen LogP contribution in [0.1, 0.15) is 25.1 Å². The minimum atomic E-state index is -4.47. The Hall–Kier alpha value is -1.34. The smallest absolute Gasteiger partial charge is 0.310 e. The lowest BCUT2D eigenvalue weighted by Crippen LogP contribution is -2.24. The fourth-order valence-electron chi connectivity index (χ4n) is 1.93. The Morgan fingerprint density at radius 3 is 2.52 bits per heavy atom. The summed E-state index contributed by atoms with van der Waals surface area (Å²) in [7, 11) is 0. The molecule has 0 radical (unpaired) electrons. The highest BCUT2D eigenvalue weighted by molar-refractivity contribution is 9.10. The van der Waals surface area contributed by atoms with E-state index in [0.29, 0.717) is 10.2 Å². The molecule has 0 amide bonds. The number of nitrogens with one attached hydrogen (secondary N) is 1. The van der Waals surface area contributed by atoms with E-state index in [-0.39, 0.29) is 18.2 Å². The molecule has 0 aliphatic carbocycles. The second-order valence-electron chi connectivity index (χ2n) is 4.91. The molecular weight excluding hydrogens is 347 g/mol. The highest BCUT2D eigenvalue weighted by Gasteiger charge is 2.38. The third-order valence-electron chi connectivity index (χ3n) is 2.89. The first-order chi connectivity index (χ1) is 9.80. The second kappa shape index (κ2) is 6.19. The molecule has 1 heterocycles. The molecular formula is C14H15BrF3N3. The number of rotatable bonds is 4. The Morgan fingerprint density at radius 1 is 1.29 bits per heavy atom. The van der Waals surface area contributed by atoms with E-state index < -0.39 is 11.9 Å². The maximum Gasteiger partial charge on any atom is 0.433 e. The number of alkyl halides is 3. The van der Waals surface area contributed by atoms with E-state index in [9.17, 15) is 13.2 Å². The van der Waals surface area contributed by atoms with Crippen molar-refractivity contribution in [3.63, 3.8) is 0 Å². The zero-order valence-electron chi connectivity index (χ0n) is 11.6. The Balaban J connectivity index is 2.50. The molecule has 1 N–H and O–H groups in total. The molecule has 0 spiro atoms. The van der Waals surface area contributed by atoms with Gasteiger partial charge in [0, 0.05) is 22.6 Å². The minimum Gasteiger partial charge on any atom is -0.310 e. The maximum atomic E-state index is 13.4. The van der Waals surface area contributed by atoms with Crippen LogP contribution in [0.5, 0.6) is 0 Å². The van der Waals surface area contributed by atoms with Crippen molar-refractivity contribution in [1.82, 2.24) is 15.1 Å². The molecule has 7 heteroatoms. The standard InChI is InChI=1S/C14H15BrF3N3/c1-9(2)19-7-10-8-20-21(13(10)14(16,17)18)12-6-4-3-5-11(12)15/h3-6,8-9,19H,7H2,1-2H3. The van der Waals surface area contributed by atoms with Crippen LogP contribution in [0.2, 0.25) is 0 Å². The van der Waals surface area contributed by atoms with Crippen LogP contribution in [0.3, 0.4) is 0 Å². The summed E-state index contributed by atoms with van der Waals surface area (Å²) in [5.41, 5.74) is -0.255. The molecule has 0 unspecified atom stereocenters. The Kier molecular flexibility index (Phi) is 4.73. The average Bonchev–Trinajstić information content (AvgIpc) is 2.80. The van der Waals surface area contributed by atoms with E-state index in [4.69, 9.17) is 0 Å². The van der Waals surface area contributed by atoms with E-state index in [1.54, 1.807) is 24.3 Å². The predicted octanol–water partition coefficient (Wildman–Crippen LogP) is 4.15. The number of hydrogen-bond donors (Lipinski definition) is 1. The summed E-state index contributed by atoms with van der Waals surface area (Å²) in [6, 6.07) is 6.78. The van der Waals surface area contributed by atoms with Gasteiger partial charge in [-0.3, -0.25) is 0 Å². The van der Waals surface area contributed by atoms with E-state index in [2.05, 4.69) is 26.3 Å². The first-order valence-corrected chi connectivity index (χ1v) is 7.22. The maximum absolute atomic E-state index is 13.4. The molecule has 0 bridgehead atoms. The van der Waals surface area contributed by atoms with Gasteiger partial charge in [-0.1, -0.05) is 26.0 Å². The van der Waals surface area contributed by atoms with Gasteiger partial charge >= 0.3 is 6.18 Å². The first-order valence-electron chi connectivity index (χ1n) is 6.43. The summed E-state index contributed by atoms with van der Waals surface area (Å²) < 4.78 is 41.6. The van der Waals surface area contributed by atoms with Crippen LogP contribution in [-0.2, 0) is 12.7 Å². The third-order valence-corrected chi connectivity index (χ3v) is 3.57. The van der Waals surface area contributed by atoms with Crippen LogP contribution in [-0.4, -0.2) is 15.8 Å². The van der Waals surface area contributed by atoms with Crippen molar-refractivity contribution in [3.8, 4) is 5.69 Å². The van der Waals surface area contributed by atoms with Crippen LogP contribution in [0.4, 0.5) is 13.2 Å². The molecule has 1 aromatic heterocycles. The van der Waals surface area contributed by atoms with E-state index >= 15 is 0 Å². The lowest BCUT2D eigenvalue weighted by atomic mass is 10.2. The third kappa shape index (κ3) is 3.65. The Morgan fingerprint density at radius 2 is 1.95 bits per heavy atom. The molecule has 2 aromatic rings. The van der Waals surface area contributed by atoms with Gasteiger partial charge in [-0.05, 0) is 28.1 Å². The lowest BCUT2D eigenvalue weighted by Gasteiger charge is -2.14. The molecule has 1 aromatic carbocycles. The molecule has 0 saturated heterocycles. The van der Waals surface area contributed by atoms with Crippen LogP contribution >= 0.6 is 15.9 Å². The van der Waals surface area contributed by atoms with Gasteiger partial charge in [-0.2, -0.15) is 18.3 Å². The zero-order valence-corrected chi connectivity index (χ0v) is 13.2. The van der Waals surface area contributed by atoms with Crippen LogP contribution < -0.4 is 5.32 Å². The molecule has 0 fully saturated rings. The van der Waals surface area contributed by atoms with Crippen molar-refractivity contribution < 1.29 is 13.2 Å². The number of benzene rings is 1. The Bertz CT molecular complexity index is 620. The molecule has 21 heavy (non-hydrogen) atoms. The SMILES string of the molecule is CC(C)NCc1cnn(-c2ccccc2Br)c1C(F)(F)F. The van der Waals surface area contributed by atoms with Crippen molar-refractivity contribution in [2.75, 3.05) is 0 Å². The van der Waals surface area contributed by atoms with Crippen molar-refractivity contribution in [2.45, 2.75) is 32.6 Å². The van der Waals surface area contributed by atoms with E-state index in [1.165, 1.54) is 6.20 Å². The van der Waals surface area contributed by atoms with Gasteiger partial charge in [0.1, 0.15) is 0 Å². The second-order valence-corrected chi connectivity index (χ2v) is 5.77. The lowest BCUT2D eigenvalue weighted by molar-refractivity contribution is -0.143. The van der Waals surface area contributed by atoms with Gasteiger partial charge in [-0.15, -0.1) is 0 Å². The summed E-state index contributed by atoms with van der Waals surface area (Å²) in [5.74, 6) is 0. The minimum absolute atomic E-state index is 0.0953. The highest BCUT2D eigenvalue weighted by Crippen LogP contribution is 2.35. The number of para-hydroxylation sites is 1. The fraction of sp³-hybridized carbons (Fsp3) is 0.357. The number of halogens is 4. The van der Waals surface area contributed by atoms with Crippen LogP contribution in [0.15, 0.2) is 34.9 Å².